The monoisotopic (exact) mass is 377 g/mol. The van der Waals surface area contributed by atoms with E-state index in [2.05, 4.69) is 30.0 Å². The minimum atomic E-state index is -0.416. The van der Waals surface area contributed by atoms with Gasteiger partial charge in [0.15, 0.2) is 11.7 Å². The van der Waals surface area contributed by atoms with E-state index in [9.17, 15) is 9.59 Å². The Morgan fingerprint density at radius 1 is 1.16 bits per heavy atom. The second-order valence-corrected chi connectivity index (χ2v) is 6.80. The van der Waals surface area contributed by atoms with Crippen molar-refractivity contribution >= 4 is 40.5 Å². The van der Waals surface area contributed by atoms with Crippen LogP contribution < -0.4 is 20.9 Å². The van der Waals surface area contributed by atoms with Crippen LogP contribution in [0.25, 0.3) is 0 Å². The van der Waals surface area contributed by atoms with E-state index >= 15 is 0 Å². The number of nitrogens with one attached hydrogen (secondary N) is 3. The number of hydrogen-bond donors (Lipinski definition) is 3. The van der Waals surface area contributed by atoms with Crippen LogP contribution in [0.1, 0.15) is 35.0 Å². The van der Waals surface area contributed by atoms with Crippen molar-refractivity contribution in [1.82, 2.24) is 16.2 Å². The van der Waals surface area contributed by atoms with Gasteiger partial charge in [0.1, 0.15) is 5.75 Å². The topological polar surface area (TPSA) is 79.5 Å². The molecule has 0 atom stereocenters. The van der Waals surface area contributed by atoms with E-state index in [1.807, 2.05) is 24.3 Å². The quantitative estimate of drug-likeness (QED) is 0.551. The first kappa shape index (κ1) is 18.9. The molecule has 0 spiro atoms. The predicted octanol–water partition coefficient (Wildman–Crippen LogP) is 2.59. The summed E-state index contributed by atoms with van der Waals surface area (Å²) in [6, 6.07) is 11.0. The summed E-state index contributed by atoms with van der Waals surface area (Å²) in [5, 5.41) is 4.26. The van der Waals surface area contributed by atoms with Gasteiger partial charge >= 0.3 is 0 Å². The van der Waals surface area contributed by atoms with Gasteiger partial charge in [-0.05, 0) is 47.3 Å². The maximum absolute atomic E-state index is 11.8. The van der Waals surface area contributed by atoms with Crippen molar-refractivity contribution in [2.45, 2.75) is 19.8 Å². The molecule has 25 heavy (non-hydrogen) atoms. The number of thiophene rings is 1. The summed E-state index contributed by atoms with van der Waals surface area (Å²) >= 11 is 6.24. The molecule has 0 saturated heterocycles. The highest BCUT2D eigenvalue weighted by molar-refractivity contribution is 7.80. The molecule has 2 rings (SSSR count). The molecule has 0 saturated carbocycles. The molecule has 0 fully saturated rings. The molecule has 0 radical (unpaired) electrons. The fourth-order valence-corrected chi connectivity index (χ4v) is 2.63. The van der Waals surface area contributed by atoms with Crippen molar-refractivity contribution in [3.05, 3.63) is 52.2 Å². The molecule has 0 aliphatic carbocycles. The molecule has 0 aliphatic rings. The number of amides is 2. The average molecular weight is 377 g/mol. The van der Waals surface area contributed by atoms with Crippen molar-refractivity contribution in [3.63, 3.8) is 0 Å². The third kappa shape index (κ3) is 6.17. The van der Waals surface area contributed by atoms with Gasteiger partial charge in [0.2, 0.25) is 0 Å². The number of thiocarbonyl (C=S) groups is 1. The molecule has 2 aromatic rings. The van der Waals surface area contributed by atoms with Gasteiger partial charge in [0.25, 0.3) is 11.8 Å². The summed E-state index contributed by atoms with van der Waals surface area (Å²) in [6.45, 7) is 4.04. The lowest BCUT2D eigenvalue weighted by Crippen LogP contribution is -2.49. The van der Waals surface area contributed by atoms with E-state index in [0.29, 0.717) is 16.5 Å². The smallest absolute Gasteiger partial charge is 0.276 e. The van der Waals surface area contributed by atoms with Gasteiger partial charge in [0, 0.05) is 0 Å². The largest absolute Gasteiger partial charge is 0.484 e. The number of rotatable bonds is 5. The first-order valence-electron chi connectivity index (χ1n) is 7.62. The highest BCUT2D eigenvalue weighted by Crippen LogP contribution is 2.18. The lowest BCUT2D eigenvalue weighted by molar-refractivity contribution is -0.123. The lowest BCUT2D eigenvalue weighted by atomic mass is 10.0. The van der Waals surface area contributed by atoms with E-state index in [0.717, 1.165) is 0 Å². The van der Waals surface area contributed by atoms with Gasteiger partial charge in [-0.3, -0.25) is 25.8 Å². The van der Waals surface area contributed by atoms with Crippen LogP contribution in [0.2, 0.25) is 0 Å². The maximum atomic E-state index is 11.8. The third-order valence-electron chi connectivity index (χ3n) is 3.20. The van der Waals surface area contributed by atoms with Crippen molar-refractivity contribution in [2.24, 2.45) is 0 Å². The molecule has 0 aliphatic heterocycles. The Bertz CT molecular complexity index is 728. The molecular formula is C17H19N3O3S2. The molecule has 0 bridgehead atoms. The summed E-state index contributed by atoms with van der Waals surface area (Å²) in [4.78, 5) is 24.1. The Morgan fingerprint density at radius 2 is 1.88 bits per heavy atom. The van der Waals surface area contributed by atoms with E-state index in [-0.39, 0.29) is 17.6 Å². The van der Waals surface area contributed by atoms with Crippen LogP contribution in [0.3, 0.4) is 0 Å². The van der Waals surface area contributed by atoms with Crippen LogP contribution in [0.15, 0.2) is 41.8 Å². The Kier molecular flexibility index (Phi) is 6.91. The van der Waals surface area contributed by atoms with Crippen LogP contribution in [-0.2, 0) is 4.79 Å². The molecule has 2 amide bonds. The third-order valence-corrected chi connectivity index (χ3v) is 4.28. The molecule has 1 heterocycles. The first-order chi connectivity index (χ1) is 12.0. The Balaban J connectivity index is 1.69. The molecule has 132 valence electrons. The van der Waals surface area contributed by atoms with E-state index in [4.69, 9.17) is 17.0 Å². The van der Waals surface area contributed by atoms with E-state index < -0.39 is 5.91 Å². The van der Waals surface area contributed by atoms with Gasteiger partial charge in [-0.2, -0.15) is 0 Å². The molecule has 8 heteroatoms. The van der Waals surface area contributed by atoms with Gasteiger partial charge in [0.05, 0.1) is 4.88 Å². The number of carbonyl (C=O) groups excluding carboxylic acids is 2. The van der Waals surface area contributed by atoms with Crippen LogP contribution in [-0.4, -0.2) is 23.5 Å². The number of benzene rings is 1. The van der Waals surface area contributed by atoms with Gasteiger partial charge < -0.3 is 4.74 Å². The minimum absolute atomic E-state index is 0.00744. The van der Waals surface area contributed by atoms with Crippen molar-refractivity contribution < 1.29 is 14.3 Å². The van der Waals surface area contributed by atoms with Gasteiger partial charge in [-0.25, -0.2) is 0 Å². The summed E-state index contributed by atoms with van der Waals surface area (Å²) in [6.07, 6.45) is 0. The minimum Gasteiger partial charge on any atom is -0.484 e. The number of ether oxygens (including phenoxy) is 1. The summed E-state index contributed by atoms with van der Waals surface area (Å²) in [7, 11) is 0. The van der Waals surface area contributed by atoms with Crippen molar-refractivity contribution in [2.75, 3.05) is 6.61 Å². The molecule has 1 aromatic heterocycles. The van der Waals surface area contributed by atoms with Crippen LogP contribution >= 0.6 is 23.6 Å². The van der Waals surface area contributed by atoms with Crippen molar-refractivity contribution in [3.8, 4) is 5.75 Å². The highest BCUT2D eigenvalue weighted by Gasteiger charge is 2.09. The number of hydrazine groups is 1. The summed E-state index contributed by atoms with van der Waals surface area (Å²) < 4.78 is 5.39. The Hall–Kier alpha value is -2.45. The van der Waals surface area contributed by atoms with Gasteiger partial charge in [-0.1, -0.05) is 32.0 Å². The molecular weight excluding hydrogens is 358 g/mol. The average Bonchev–Trinajstić information content (AvgIpc) is 3.13. The number of hydrogen-bond acceptors (Lipinski definition) is 5. The lowest BCUT2D eigenvalue weighted by Gasteiger charge is -2.11. The zero-order valence-corrected chi connectivity index (χ0v) is 15.5. The molecule has 1 aromatic carbocycles. The van der Waals surface area contributed by atoms with Crippen molar-refractivity contribution in [1.29, 1.82) is 0 Å². The SMILES string of the molecule is CC(C)c1ccc(OCC(=O)NNC(=S)NC(=O)c2cccs2)cc1. The molecule has 6 nitrogen and oxygen atoms in total. The second kappa shape index (κ2) is 9.14. The van der Waals surface area contributed by atoms with E-state index in [1.165, 1.54) is 16.9 Å². The maximum Gasteiger partial charge on any atom is 0.276 e. The highest BCUT2D eigenvalue weighted by atomic mass is 32.1. The normalized spacial score (nSPS) is 10.2. The van der Waals surface area contributed by atoms with Crippen LogP contribution in [0, 0.1) is 0 Å². The zero-order chi connectivity index (χ0) is 18.2. The Morgan fingerprint density at radius 3 is 2.48 bits per heavy atom. The fraction of sp³-hybridized carbons (Fsp3) is 0.235. The first-order valence-corrected chi connectivity index (χ1v) is 8.91. The Labute approximate surface area is 155 Å². The van der Waals surface area contributed by atoms with Gasteiger partial charge in [-0.15, -0.1) is 11.3 Å². The van der Waals surface area contributed by atoms with E-state index in [1.54, 1.807) is 17.5 Å². The predicted molar refractivity (Wildman–Crippen MR) is 102 cm³/mol. The number of carbonyl (C=O) groups is 2. The fourth-order valence-electron chi connectivity index (χ4n) is 1.86. The standard InChI is InChI=1S/C17H19N3O3S2/c1-11(2)12-5-7-13(8-6-12)23-10-15(21)19-20-17(24)18-16(22)14-4-3-9-25-14/h3-9,11H,10H2,1-2H3,(H,19,21)(H2,18,20,22,24). The zero-order valence-electron chi connectivity index (χ0n) is 13.9. The molecule has 3 N–H and O–H groups in total. The summed E-state index contributed by atoms with van der Waals surface area (Å²) in [5.41, 5.74) is 6.03. The molecule has 0 unspecified atom stereocenters. The second-order valence-electron chi connectivity index (χ2n) is 5.45. The summed E-state index contributed by atoms with van der Waals surface area (Å²) in [5.74, 6) is 0.295. The van der Waals surface area contributed by atoms with Crippen LogP contribution in [0.5, 0.6) is 5.75 Å². The van der Waals surface area contributed by atoms with Crippen LogP contribution in [0.4, 0.5) is 0 Å².